The van der Waals surface area contributed by atoms with E-state index in [0.29, 0.717) is 5.56 Å². The fourth-order valence-electron chi connectivity index (χ4n) is 6.92. The van der Waals surface area contributed by atoms with Crippen LogP contribution in [0, 0.1) is 11.8 Å². The molecule has 1 aliphatic heterocycles. The maximum atomic E-state index is 14.1. The van der Waals surface area contributed by atoms with Crippen LogP contribution < -0.4 is 24.0 Å². The van der Waals surface area contributed by atoms with Gasteiger partial charge in [-0.3, -0.25) is 0 Å². The topological polar surface area (TPSA) is 46.5 Å². The highest BCUT2D eigenvalue weighted by Crippen LogP contribution is 2.51. The van der Waals surface area contributed by atoms with Crippen molar-refractivity contribution in [3.8, 4) is 0 Å². The van der Waals surface area contributed by atoms with E-state index >= 15 is 0 Å². The number of piperidine rings is 1. The second-order valence-corrected chi connectivity index (χ2v) is 10.8. The third-order valence-corrected chi connectivity index (χ3v) is 8.99. The Labute approximate surface area is 223 Å². The van der Waals surface area contributed by atoms with E-state index in [1.807, 2.05) is 18.2 Å². The molecule has 3 fully saturated rings. The lowest BCUT2D eigenvalue weighted by molar-refractivity contribution is -0.954. The van der Waals surface area contributed by atoms with E-state index in [2.05, 4.69) is 26.1 Å². The lowest BCUT2D eigenvalue weighted by atomic mass is 9.80. The Morgan fingerprint density at radius 1 is 1.09 bits per heavy atom. The van der Waals surface area contributed by atoms with E-state index in [-0.39, 0.29) is 60.9 Å². The van der Waals surface area contributed by atoms with E-state index in [1.54, 1.807) is 30.3 Å². The average molecular weight is 597 g/mol. The number of aliphatic hydroxyl groups is 1. The Bertz CT molecular complexity index is 1040. The van der Waals surface area contributed by atoms with Gasteiger partial charge in [-0.05, 0) is 25.3 Å². The third-order valence-electron chi connectivity index (χ3n) is 8.99. The van der Waals surface area contributed by atoms with E-state index in [0.717, 1.165) is 23.9 Å². The normalized spacial score (nSPS) is 33.5. The van der Waals surface area contributed by atoms with Crippen LogP contribution in [0.3, 0.4) is 0 Å². The summed E-state index contributed by atoms with van der Waals surface area (Å²) in [5, 5.41) is 11.7. The number of hydrogen-bond acceptors (Lipinski definition) is 3. The van der Waals surface area contributed by atoms with Crippen molar-refractivity contribution in [2.24, 2.45) is 11.8 Å². The predicted molar refractivity (Wildman–Crippen MR) is 125 cm³/mol. The van der Waals surface area contributed by atoms with Crippen molar-refractivity contribution in [3.63, 3.8) is 0 Å². The zero-order valence-corrected chi connectivity index (χ0v) is 22.4. The molecule has 0 amide bonds. The SMILES string of the molecule is C[C@H](c1ccccc1)[N+]1(C)CC2CC[C@H]1C2OC(=O)C(O)(c1ccccc1)C1CCC(F)(F)C1.[I-]. The Balaban J connectivity index is 0.00000289. The zero-order valence-electron chi connectivity index (χ0n) is 20.2. The molecule has 2 aromatic rings. The molecule has 2 saturated carbocycles. The molecule has 2 aliphatic carbocycles. The van der Waals surface area contributed by atoms with Crippen LogP contribution >= 0.6 is 0 Å². The number of likely N-dealkylation sites (tertiary alicyclic amines) is 1. The molecule has 4 nitrogen and oxygen atoms in total. The maximum Gasteiger partial charge on any atom is 0.343 e. The number of quaternary nitrogens is 1. The molecule has 7 atom stereocenters. The molecular weight excluding hydrogens is 563 g/mol. The first-order valence-electron chi connectivity index (χ1n) is 12.4. The number of rotatable bonds is 6. The van der Waals surface area contributed by atoms with Crippen LogP contribution in [0.2, 0.25) is 0 Å². The summed E-state index contributed by atoms with van der Waals surface area (Å²) in [5.41, 5.74) is -0.489. The van der Waals surface area contributed by atoms with Gasteiger partial charge < -0.3 is 38.3 Å². The van der Waals surface area contributed by atoms with Crippen LogP contribution in [0.15, 0.2) is 60.7 Å². The molecule has 2 aromatic carbocycles. The molecule has 2 bridgehead atoms. The van der Waals surface area contributed by atoms with Crippen LogP contribution in [0.5, 0.6) is 0 Å². The summed E-state index contributed by atoms with van der Waals surface area (Å²) in [7, 11) is 2.23. The van der Waals surface area contributed by atoms with Crippen molar-refractivity contribution in [2.45, 2.75) is 68.7 Å². The minimum absolute atomic E-state index is 0. The largest absolute Gasteiger partial charge is 1.00 e. The van der Waals surface area contributed by atoms with E-state index in [4.69, 9.17) is 4.74 Å². The van der Waals surface area contributed by atoms with Gasteiger partial charge in [0.2, 0.25) is 5.92 Å². The second-order valence-electron chi connectivity index (χ2n) is 10.8. The number of fused-ring (bicyclic) bond motifs is 2. The monoisotopic (exact) mass is 597 g/mol. The first-order chi connectivity index (χ1) is 16.1. The molecule has 0 radical (unpaired) electrons. The quantitative estimate of drug-likeness (QED) is 0.316. The van der Waals surface area contributed by atoms with Gasteiger partial charge in [-0.2, -0.15) is 0 Å². The number of hydrogen-bond donors (Lipinski definition) is 1. The minimum atomic E-state index is -2.87. The fraction of sp³-hybridized carbons (Fsp3) is 0.536. The number of ether oxygens (including phenoxy) is 1. The van der Waals surface area contributed by atoms with Crippen molar-refractivity contribution < 1.29 is 51.9 Å². The summed E-state index contributed by atoms with van der Waals surface area (Å²) < 4.78 is 35.2. The number of likely N-dealkylation sites (N-methyl/N-ethyl adjacent to an activating group) is 1. The van der Waals surface area contributed by atoms with Crippen molar-refractivity contribution in [1.82, 2.24) is 0 Å². The fourth-order valence-corrected chi connectivity index (χ4v) is 6.92. The summed E-state index contributed by atoms with van der Waals surface area (Å²) in [4.78, 5) is 13.7. The van der Waals surface area contributed by atoms with Gasteiger partial charge in [0, 0.05) is 30.7 Å². The Morgan fingerprint density at radius 3 is 2.31 bits per heavy atom. The standard InChI is InChI=1S/C28H34F2NO3.HI/c1-19(20-9-5-3-6-10-20)31(2)18-21-13-14-24(31)25(21)34-26(32)28(33,22-11-7-4-8-12-22)23-15-16-27(29,30)17-23;/h3-12,19,21,23-25,33H,13-18H2,1-2H3;1H/q+1;/p-1/t19-,21?,23?,24+,25?,28?,31?;/m1./s1. The Morgan fingerprint density at radius 2 is 1.71 bits per heavy atom. The highest BCUT2D eigenvalue weighted by Gasteiger charge is 2.62. The molecule has 1 N–H and O–H groups in total. The van der Waals surface area contributed by atoms with Crippen molar-refractivity contribution in [3.05, 3.63) is 71.8 Å². The molecule has 1 heterocycles. The molecule has 35 heavy (non-hydrogen) atoms. The first kappa shape index (κ1) is 26.5. The van der Waals surface area contributed by atoms with Gasteiger partial charge in [0.05, 0.1) is 19.5 Å². The Hall–Kier alpha value is -1.58. The van der Waals surface area contributed by atoms with E-state index < -0.39 is 29.8 Å². The van der Waals surface area contributed by atoms with Crippen LogP contribution in [0.1, 0.15) is 56.2 Å². The Kier molecular flexibility index (Phi) is 7.34. The number of alkyl halides is 2. The lowest BCUT2D eigenvalue weighted by Crippen LogP contribution is -3.00. The van der Waals surface area contributed by atoms with E-state index in [1.165, 1.54) is 5.56 Å². The van der Waals surface area contributed by atoms with Crippen molar-refractivity contribution in [1.29, 1.82) is 0 Å². The van der Waals surface area contributed by atoms with E-state index in [9.17, 15) is 18.7 Å². The summed E-state index contributed by atoms with van der Waals surface area (Å²) in [6.45, 7) is 3.11. The molecule has 5 rings (SSSR count). The summed E-state index contributed by atoms with van der Waals surface area (Å²) in [6.07, 6.45) is 0.859. The van der Waals surface area contributed by atoms with Crippen LogP contribution in [-0.2, 0) is 15.1 Å². The lowest BCUT2D eigenvalue weighted by Gasteiger charge is -2.43. The molecule has 0 spiro atoms. The zero-order chi connectivity index (χ0) is 24.1. The number of esters is 1. The predicted octanol–water partition coefficient (Wildman–Crippen LogP) is 2.23. The maximum absolute atomic E-state index is 14.1. The molecule has 7 heteroatoms. The second kappa shape index (κ2) is 9.71. The van der Waals surface area contributed by atoms with Crippen molar-refractivity contribution >= 4 is 5.97 Å². The number of halogens is 3. The van der Waals surface area contributed by atoms with Gasteiger partial charge in [0.1, 0.15) is 12.1 Å². The average Bonchev–Trinajstić information content (AvgIpc) is 3.49. The van der Waals surface area contributed by atoms with Crippen LogP contribution in [-0.4, -0.2) is 47.2 Å². The smallest absolute Gasteiger partial charge is 0.343 e. The van der Waals surface area contributed by atoms with Gasteiger partial charge in [-0.15, -0.1) is 0 Å². The summed E-state index contributed by atoms with van der Waals surface area (Å²) in [6, 6.07) is 19.2. The summed E-state index contributed by atoms with van der Waals surface area (Å²) in [5.74, 6) is -4.32. The van der Waals surface area contributed by atoms with Gasteiger partial charge in [0.15, 0.2) is 11.7 Å². The highest BCUT2D eigenvalue weighted by atomic mass is 127. The van der Waals surface area contributed by atoms with Gasteiger partial charge in [-0.25, -0.2) is 13.6 Å². The molecule has 1 saturated heterocycles. The molecule has 190 valence electrons. The summed E-state index contributed by atoms with van der Waals surface area (Å²) >= 11 is 0. The highest BCUT2D eigenvalue weighted by molar-refractivity contribution is 5.82. The van der Waals surface area contributed by atoms with Gasteiger partial charge in [-0.1, -0.05) is 60.7 Å². The van der Waals surface area contributed by atoms with Crippen LogP contribution in [0.25, 0.3) is 0 Å². The number of carbonyl (C=O) groups is 1. The van der Waals surface area contributed by atoms with Crippen molar-refractivity contribution in [2.75, 3.05) is 13.6 Å². The number of benzene rings is 2. The molecule has 3 aliphatic rings. The van der Waals surface area contributed by atoms with Gasteiger partial charge >= 0.3 is 5.97 Å². The first-order valence-corrected chi connectivity index (χ1v) is 12.4. The molecule has 0 aromatic heterocycles. The molecular formula is C28H34F2INO3. The number of nitrogens with zero attached hydrogens (tertiary/aromatic N) is 1. The minimum Gasteiger partial charge on any atom is -1.00 e. The van der Waals surface area contributed by atoms with Gasteiger partial charge in [0.25, 0.3) is 0 Å². The third kappa shape index (κ3) is 4.53. The van der Waals surface area contributed by atoms with Crippen LogP contribution in [0.4, 0.5) is 8.78 Å². The molecule has 5 unspecified atom stereocenters. The number of carbonyl (C=O) groups excluding carboxylic acids is 1.